The Morgan fingerprint density at radius 2 is 1.44 bits per heavy atom. The number of thioether (sulfide) groups is 1. The van der Waals surface area contributed by atoms with Crippen LogP contribution in [0, 0.1) is 0 Å². The fraction of sp³-hybridized carbons (Fsp3) is 0.241. The van der Waals surface area contributed by atoms with Gasteiger partial charge in [-0.15, -0.1) is 0 Å². The van der Waals surface area contributed by atoms with Gasteiger partial charge in [0.25, 0.3) is 0 Å². The van der Waals surface area contributed by atoms with E-state index in [0.29, 0.717) is 5.75 Å². The number of nitrogens with one attached hydrogen (secondary N) is 1. The topological polar surface area (TPSA) is 53.4 Å². The Labute approximate surface area is 217 Å². The SMILES string of the molecule is O=C(CSc1nccn1Cc1ccccc1)Nc1ccc(N2CCN(Cc3ccccc3)CC2)cc1. The minimum atomic E-state index is -0.0310. The molecular formula is C29H31N5OS. The van der Waals surface area contributed by atoms with Crippen LogP contribution in [0.4, 0.5) is 11.4 Å². The number of imidazole rings is 1. The molecule has 0 saturated carbocycles. The summed E-state index contributed by atoms with van der Waals surface area (Å²) in [5.41, 5.74) is 4.59. The molecule has 7 heteroatoms. The van der Waals surface area contributed by atoms with Crippen molar-refractivity contribution in [1.29, 1.82) is 0 Å². The third-order valence-electron chi connectivity index (χ3n) is 6.34. The summed E-state index contributed by atoms with van der Waals surface area (Å²) in [4.78, 5) is 21.9. The van der Waals surface area contributed by atoms with Gasteiger partial charge in [-0.1, -0.05) is 72.4 Å². The van der Waals surface area contributed by atoms with E-state index < -0.39 is 0 Å². The van der Waals surface area contributed by atoms with Gasteiger partial charge in [0.05, 0.1) is 5.75 Å². The van der Waals surface area contributed by atoms with Crippen molar-refractivity contribution in [2.75, 3.05) is 42.1 Å². The number of amides is 1. The zero-order valence-corrected chi connectivity index (χ0v) is 21.1. The van der Waals surface area contributed by atoms with Crippen molar-refractivity contribution >= 4 is 29.0 Å². The van der Waals surface area contributed by atoms with E-state index in [1.54, 1.807) is 6.20 Å². The number of anilines is 2. The maximum atomic E-state index is 12.6. The van der Waals surface area contributed by atoms with Crippen molar-refractivity contribution in [3.63, 3.8) is 0 Å². The summed E-state index contributed by atoms with van der Waals surface area (Å²) in [5, 5.41) is 3.86. The van der Waals surface area contributed by atoms with E-state index >= 15 is 0 Å². The second-order valence-corrected chi connectivity index (χ2v) is 9.90. The molecule has 4 aromatic rings. The third kappa shape index (κ3) is 6.56. The average molecular weight is 498 g/mol. The molecule has 1 amide bonds. The molecule has 0 bridgehead atoms. The first kappa shape index (κ1) is 24.2. The third-order valence-corrected chi connectivity index (χ3v) is 7.35. The zero-order valence-electron chi connectivity index (χ0n) is 20.3. The van der Waals surface area contributed by atoms with Gasteiger partial charge in [-0.25, -0.2) is 4.98 Å². The summed E-state index contributed by atoms with van der Waals surface area (Å²) >= 11 is 1.45. The number of aromatic nitrogens is 2. The molecule has 1 aliphatic rings. The van der Waals surface area contributed by atoms with Crippen molar-refractivity contribution in [3.8, 4) is 0 Å². The van der Waals surface area contributed by atoms with E-state index in [9.17, 15) is 4.79 Å². The van der Waals surface area contributed by atoms with Crippen LogP contribution in [-0.4, -0.2) is 52.3 Å². The van der Waals surface area contributed by atoms with Gasteiger partial charge in [0, 0.05) is 63.0 Å². The Hall–Kier alpha value is -3.55. The maximum Gasteiger partial charge on any atom is 0.234 e. The summed E-state index contributed by atoms with van der Waals surface area (Å²) in [5.74, 6) is 0.285. The Bertz CT molecular complexity index is 1240. The molecule has 1 fully saturated rings. The van der Waals surface area contributed by atoms with Crippen molar-refractivity contribution in [2.45, 2.75) is 18.2 Å². The minimum absolute atomic E-state index is 0.0310. The van der Waals surface area contributed by atoms with Crippen LogP contribution in [0.25, 0.3) is 0 Å². The van der Waals surface area contributed by atoms with Gasteiger partial charge in [-0.2, -0.15) is 0 Å². The number of rotatable bonds is 9. The quantitative estimate of drug-likeness (QED) is 0.331. The second-order valence-electron chi connectivity index (χ2n) is 8.96. The summed E-state index contributed by atoms with van der Waals surface area (Å²) < 4.78 is 2.07. The Morgan fingerprint density at radius 3 is 2.11 bits per heavy atom. The lowest BCUT2D eigenvalue weighted by Gasteiger charge is -2.36. The highest BCUT2D eigenvalue weighted by Crippen LogP contribution is 2.22. The van der Waals surface area contributed by atoms with Crippen molar-refractivity contribution in [3.05, 3.63) is 108 Å². The van der Waals surface area contributed by atoms with E-state index in [-0.39, 0.29) is 5.91 Å². The van der Waals surface area contributed by atoms with Crippen LogP contribution in [0.15, 0.2) is 102 Å². The number of hydrogen-bond donors (Lipinski definition) is 1. The molecule has 2 heterocycles. The molecule has 0 spiro atoms. The fourth-order valence-corrected chi connectivity index (χ4v) is 5.18. The van der Waals surface area contributed by atoms with Gasteiger partial charge in [0.15, 0.2) is 5.16 Å². The number of nitrogens with zero attached hydrogens (tertiary/aromatic N) is 4. The molecule has 1 saturated heterocycles. The van der Waals surface area contributed by atoms with Gasteiger partial charge in [0.2, 0.25) is 5.91 Å². The van der Waals surface area contributed by atoms with Crippen LogP contribution in [0.3, 0.4) is 0 Å². The van der Waals surface area contributed by atoms with Crippen molar-refractivity contribution < 1.29 is 4.79 Å². The first-order valence-electron chi connectivity index (χ1n) is 12.3. The summed E-state index contributed by atoms with van der Waals surface area (Å²) in [6, 6.07) is 29.1. The Balaban J connectivity index is 1.07. The predicted octanol–water partition coefficient (Wildman–Crippen LogP) is 4.98. The first-order valence-corrected chi connectivity index (χ1v) is 13.3. The van der Waals surface area contributed by atoms with Gasteiger partial charge in [0.1, 0.15) is 0 Å². The zero-order chi connectivity index (χ0) is 24.6. The molecule has 1 N–H and O–H groups in total. The van der Waals surface area contributed by atoms with E-state index in [0.717, 1.165) is 50.1 Å². The van der Waals surface area contributed by atoms with E-state index in [2.05, 4.69) is 79.3 Å². The first-order chi connectivity index (χ1) is 17.7. The van der Waals surface area contributed by atoms with E-state index in [1.165, 1.54) is 28.6 Å². The van der Waals surface area contributed by atoms with Crippen LogP contribution in [-0.2, 0) is 17.9 Å². The van der Waals surface area contributed by atoms with E-state index in [1.807, 2.05) is 36.5 Å². The van der Waals surface area contributed by atoms with Gasteiger partial charge < -0.3 is 14.8 Å². The smallest absolute Gasteiger partial charge is 0.234 e. The lowest BCUT2D eigenvalue weighted by Crippen LogP contribution is -2.45. The summed E-state index contributed by atoms with van der Waals surface area (Å²) in [7, 11) is 0. The van der Waals surface area contributed by atoms with Gasteiger partial charge in [-0.05, 0) is 35.4 Å². The molecule has 1 aliphatic heterocycles. The minimum Gasteiger partial charge on any atom is -0.369 e. The van der Waals surface area contributed by atoms with Gasteiger partial charge >= 0.3 is 0 Å². The molecule has 184 valence electrons. The molecule has 0 unspecified atom stereocenters. The average Bonchev–Trinajstić information content (AvgIpc) is 3.36. The predicted molar refractivity (Wildman–Crippen MR) is 147 cm³/mol. The van der Waals surface area contributed by atoms with Crippen LogP contribution < -0.4 is 10.2 Å². The highest BCUT2D eigenvalue weighted by atomic mass is 32.2. The molecule has 1 aromatic heterocycles. The fourth-order valence-electron chi connectivity index (χ4n) is 4.42. The number of carbonyl (C=O) groups is 1. The van der Waals surface area contributed by atoms with Crippen molar-refractivity contribution in [1.82, 2.24) is 14.5 Å². The number of hydrogen-bond acceptors (Lipinski definition) is 5. The number of benzene rings is 3. The number of carbonyl (C=O) groups excluding carboxylic acids is 1. The lowest BCUT2D eigenvalue weighted by atomic mass is 10.2. The standard InChI is InChI=1S/C29H31N5OS/c35-28(23-36-29-30-15-16-34(29)22-25-9-5-2-6-10-25)31-26-11-13-27(14-12-26)33-19-17-32(18-20-33)21-24-7-3-1-4-8-24/h1-16H,17-23H2,(H,31,35). The van der Waals surface area contributed by atoms with Crippen LogP contribution in [0.1, 0.15) is 11.1 Å². The molecule has 6 nitrogen and oxygen atoms in total. The molecule has 0 radical (unpaired) electrons. The second kappa shape index (κ2) is 11.9. The molecule has 0 aliphatic carbocycles. The van der Waals surface area contributed by atoms with Crippen LogP contribution >= 0.6 is 11.8 Å². The molecule has 0 atom stereocenters. The van der Waals surface area contributed by atoms with Crippen molar-refractivity contribution in [2.24, 2.45) is 0 Å². The van der Waals surface area contributed by atoms with Gasteiger partial charge in [-0.3, -0.25) is 9.69 Å². The molecular weight excluding hydrogens is 466 g/mol. The lowest BCUT2D eigenvalue weighted by molar-refractivity contribution is -0.113. The van der Waals surface area contributed by atoms with Crippen LogP contribution in [0.5, 0.6) is 0 Å². The highest BCUT2D eigenvalue weighted by molar-refractivity contribution is 7.99. The monoisotopic (exact) mass is 497 g/mol. The normalized spacial score (nSPS) is 14.1. The molecule has 5 rings (SSSR count). The summed E-state index contributed by atoms with van der Waals surface area (Å²) in [6.07, 6.45) is 3.73. The maximum absolute atomic E-state index is 12.6. The van der Waals surface area contributed by atoms with E-state index in [4.69, 9.17) is 0 Å². The summed E-state index contributed by atoms with van der Waals surface area (Å²) in [6.45, 7) is 5.85. The molecule has 3 aromatic carbocycles. The number of piperazine rings is 1. The Kier molecular flexibility index (Phi) is 8.00. The van der Waals surface area contributed by atoms with Crippen LogP contribution in [0.2, 0.25) is 0 Å². The highest BCUT2D eigenvalue weighted by Gasteiger charge is 2.17. The molecule has 36 heavy (non-hydrogen) atoms. The Morgan fingerprint density at radius 1 is 0.806 bits per heavy atom. The largest absolute Gasteiger partial charge is 0.369 e.